The Morgan fingerprint density at radius 1 is 0.737 bits per heavy atom. The number of rotatable bonds is 6. The van der Waals surface area contributed by atoms with Gasteiger partial charge in [-0.2, -0.15) is 0 Å². The lowest BCUT2D eigenvalue weighted by Gasteiger charge is -2.09. The normalized spacial score (nSPS) is 10.1. The van der Waals surface area contributed by atoms with Crippen molar-refractivity contribution in [1.82, 2.24) is 0 Å². The van der Waals surface area contributed by atoms with Crippen molar-refractivity contribution in [2.24, 2.45) is 0 Å². The van der Waals surface area contributed by atoms with Crippen LogP contribution in [-0.4, -0.2) is 0 Å². The maximum absolute atomic E-state index is 5.80. The topological polar surface area (TPSA) is 9.23 Å². The maximum atomic E-state index is 5.80. The lowest BCUT2D eigenvalue weighted by Crippen LogP contribution is -1.97. The van der Waals surface area contributed by atoms with Gasteiger partial charge in [-0.25, -0.2) is 0 Å². The smallest absolute Gasteiger partial charge is 0.0727 e. The summed E-state index contributed by atoms with van der Waals surface area (Å²) in [7, 11) is 0. The van der Waals surface area contributed by atoms with Gasteiger partial charge < -0.3 is 4.74 Å². The third-order valence-electron chi connectivity index (χ3n) is 3.07. The molecule has 0 bridgehead atoms. The average molecular weight is 250 g/mol. The summed E-state index contributed by atoms with van der Waals surface area (Å²) in [6.45, 7) is 8.81. The Hall–Kier alpha value is -2.12. The van der Waals surface area contributed by atoms with Gasteiger partial charge in [0.25, 0.3) is 0 Å². The van der Waals surface area contributed by atoms with Gasteiger partial charge in [0.1, 0.15) is 0 Å². The quantitative estimate of drug-likeness (QED) is 0.722. The molecule has 0 amide bonds. The second-order valence-corrected chi connectivity index (χ2v) is 4.30. The predicted molar refractivity (Wildman–Crippen MR) is 81.6 cm³/mol. The number of hydrogen-bond acceptors (Lipinski definition) is 1. The van der Waals surface area contributed by atoms with Crippen LogP contribution < -0.4 is 0 Å². The lowest BCUT2D eigenvalue weighted by molar-refractivity contribution is 0.107. The first-order chi connectivity index (χ1) is 9.35. The molecule has 0 unspecified atom stereocenters. The summed E-state index contributed by atoms with van der Waals surface area (Å²) in [5, 5.41) is 0. The van der Waals surface area contributed by atoms with Crippen LogP contribution >= 0.6 is 0 Å². The van der Waals surface area contributed by atoms with E-state index in [4.69, 9.17) is 4.74 Å². The van der Waals surface area contributed by atoms with Gasteiger partial charge in [0, 0.05) is 0 Å². The second-order valence-electron chi connectivity index (χ2n) is 4.30. The lowest BCUT2D eigenvalue weighted by atomic mass is 10.1. The predicted octanol–water partition coefficient (Wildman–Crippen LogP) is 4.69. The van der Waals surface area contributed by atoms with Gasteiger partial charge in [-0.3, -0.25) is 0 Å². The Morgan fingerprint density at radius 2 is 1.16 bits per heavy atom. The summed E-state index contributed by atoms with van der Waals surface area (Å²) >= 11 is 0. The van der Waals surface area contributed by atoms with E-state index >= 15 is 0 Å². The van der Waals surface area contributed by atoms with E-state index in [2.05, 4.69) is 25.3 Å². The Labute approximate surface area is 114 Å². The van der Waals surface area contributed by atoms with Crippen LogP contribution in [0.4, 0.5) is 0 Å². The molecule has 0 aliphatic heterocycles. The van der Waals surface area contributed by atoms with Gasteiger partial charge in [-0.1, -0.05) is 73.8 Å². The van der Waals surface area contributed by atoms with E-state index in [-0.39, 0.29) is 0 Å². The van der Waals surface area contributed by atoms with Gasteiger partial charge in [0.15, 0.2) is 0 Å². The molecular weight excluding hydrogens is 232 g/mol. The average Bonchev–Trinajstić information content (AvgIpc) is 2.48. The van der Waals surface area contributed by atoms with Crippen LogP contribution in [0.15, 0.2) is 61.7 Å². The van der Waals surface area contributed by atoms with Gasteiger partial charge in [0.05, 0.1) is 13.2 Å². The molecule has 0 radical (unpaired) electrons. The summed E-state index contributed by atoms with van der Waals surface area (Å²) in [4.78, 5) is 0. The summed E-state index contributed by atoms with van der Waals surface area (Å²) in [6, 6.07) is 16.3. The molecule has 1 nitrogen and oxygen atoms in total. The van der Waals surface area contributed by atoms with Crippen molar-refractivity contribution < 1.29 is 4.74 Å². The minimum atomic E-state index is 0.591. The summed E-state index contributed by atoms with van der Waals surface area (Å²) in [6.07, 6.45) is 3.72. The molecule has 0 fully saturated rings. The molecule has 0 atom stereocenters. The van der Waals surface area contributed by atoms with Crippen LogP contribution in [0.2, 0.25) is 0 Å². The number of ether oxygens (including phenoxy) is 1. The first kappa shape index (κ1) is 13.3. The SMILES string of the molecule is C=Cc1ccccc1COCc1ccccc1C=C. The third kappa shape index (κ3) is 3.43. The van der Waals surface area contributed by atoms with Crippen LogP contribution in [0.3, 0.4) is 0 Å². The molecule has 96 valence electrons. The summed E-state index contributed by atoms with van der Waals surface area (Å²) in [5.41, 5.74) is 4.57. The van der Waals surface area contributed by atoms with E-state index in [1.54, 1.807) is 0 Å². The van der Waals surface area contributed by atoms with Crippen LogP contribution in [0, 0.1) is 0 Å². The van der Waals surface area contributed by atoms with Crippen LogP contribution in [0.25, 0.3) is 12.2 Å². The van der Waals surface area contributed by atoms with E-state index in [0.717, 1.165) is 22.3 Å². The number of hydrogen-bond donors (Lipinski definition) is 0. The van der Waals surface area contributed by atoms with E-state index in [9.17, 15) is 0 Å². The largest absolute Gasteiger partial charge is 0.372 e. The van der Waals surface area contributed by atoms with Gasteiger partial charge >= 0.3 is 0 Å². The van der Waals surface area contributed by atoms with Gasteiger partial charge in [-0.15, -0.1) is 0 Å². The molecule has 0 spiro atoms. The van der Waals surface area contributed by atoms with Crippen molar-refractivity contribution >= 4 is 12.2 Å². The van der Waals surface area contributed by atoms with E-state index in [0.29, 0.717) is 13.2 Å². The van der Waals surface area contributed by atoms with Crippen molar-refractivity contribution in [3.05, 3.63) is 83.9 Å². The fraction of sp³-hybridized carbons (Fsp3) is 0.111. The Bertz CT molecular complexity index is 518. The van der Waals surface area contributed by atoms with E-state index in [1.807, 2.05) is 48.6 Å². The molecule has 2 rings (SSSR count). The van der Waals surface area contributed by atoms with Crippen molar-refractivity contribution in [2.75, 3.05) is 0 Å². The zero-order chi connectivity index (χ0) is 13.5. The van der Waals surface area contributed by atoms with Gasteiger partial charge in [0.2, 0.25) is 0 Å². The molecule has 0 aliphatic rings. The molecule has 0 N–H and O–H groups in total. The highest BCUT2D eigenvalue weighted by Gasteiger charge is 2.01. The highest BCUT2D eigenvalue weighted by molar-refractivity contribution is 5.52. The standard InChI is InChI=1S/C18H18O/c1-3-15-9-5-7-11-17(15)13-19-14-18-12-8-6-10-16(18)4-2/h3-12H,1-2,13-14H2. The molecule has 0 aliphatic carbocycles. The zero-order valence-electron chi connectivity index (χ0n) is 11.0. The highest BCUT2D eigenvalue weighted by Crippen LogP contribution is 2.15. The monoisotopic (exact) mass is 250 g/mol. The third-order valence-corrected chi connectivity index (χ3v) is 3.07. The first-order valence-electron chi connectivity index (χ1n) is 6.33. The fourth-order valence-corrected chi connectivity index (χ4v) is 2.00. The molecule has 2 aromatic carbocycles. The van der Waals surface area contributed by atoms with Crippen LogP contribution in [0.5, 0.6) is 0 Å². The molecule has 2 aromatic rings. The van der Waals surface area contributed by atoms with Crippen molar-refractivity contribution in [3.8, 4) is 0 Å². The highest BCUT2D eigenvalue weighted by atomic mass is 16.5. The van der Waals surface area contributed by atoms with Crippen LogP contribution in [-0.2, 0) is 18.0 Å². The molecule has 0 heterocycles. The molecule has 1 heteroatoms. The second kappa shape index (κ2) is 6.72. The minimum absolute atomic E-state index is 0.591. The van der Waals surface area contributed by atoms with Crippen molar-refractivity contribution in [3.63, 3.8) is 0 Å². The molecule has 0 saturated carbocycles. The Kier molecular flexibility index (Phi) is 4.71. The summed E-state index contributed by atoms with van der Waals surface area (Å²) in [5.74, 6) is 0. The fourth-order valence-electron chi connectivity index (χ4n) is 2.00. The Morgan fingerprint density at radius 3 is 1.58 bits per heavy atom. The van der Waals surface area contributed by atoms with Crippen LogP contribution in [0.1, 0.15) is 22.3 Å². The van der Waals surface area contributed by atoms with Crippen molar-refractivity contribution in [1.29, 1.82) is 0 Å². The molecule has 0 aromatic heterocycles. The molecule has 0 saturated heterocycles. The summed E-state index contributed by atoms with van der Waals surface area (Å²) < 4.78 is 5.80. The minimum Gasteiger partial charge on any atom is -0.372 e. The first-order valence-corrected chi connectivity index (χ1v) is 6.33. The van der Waals surface area contributed by atoms with Crippen molar-refractivity contribution in [2.45, 2.75) is 13.2 Å². The number of benzene rings is 2. The van der Waals surface area contributed by atoms with E-state index in [1.165, 1.54) is 0 Å². The maximum Gasteiger partial charge on any atom is 0.0727 e. The molecule has 19 heavy (non-hydrogen) atoms. The van der Waals surface area contributed by atoms with E-state index < -0.39 is 0 Å². The Balaban J connectivity index is 2.00. The zero-order valence-corrected chi connectivity index (χ0v) is 11.0. The molecular formula is C18H18O. The van der Waals surface area contributed by atoms with Gasteiger partial charge in [-0.05, 0) is 22.3 Å².